The lowest BCUT2D eigenvalue weighted by Gasteiger charge is -2.08. The van der Waals surface area contributed by atoms with E-state index in [4.69, 9.17) is 12.2 Å². The van der Waals surface area contributed by atoms with Crippen LogP contribution >= 0.6 is 23.6 Å². The maximum absolute atomic E-state index is 5.07. The molecular formula is C9H15N3S2. The van der Waals surface area contributed by atoms with Crippen LogP contribution < -0.4 is 10.6 Å². The predicted octanol–water partition coefficient (Wildman–Crippen LogP) is 1.56. The number of nitrogens with one attached hydrogen (secondary N) is 2. The van der Waals surface area contributed by atoms with Gasteiger partial charge in [0, 0.05) is 24.9 Å². The Labute approximate surface area is 93.9 Å². The summed E-state index contributed by atoms with van der Waals surface area (Å²) in [5.41, 5.74) is 2.98. The standard InChI is InChI=1S/C9H15N3S2/c1-2-4-10-9(13)11-5-3-8-6-14-7-12-8/h6-7H,2-5H2,1H3,(H2,10,11,13). The minimum Gasteiger partial charge on any atom is -0.363 e. The van der Waals surface area contributed by atoms with Crippen LogP contribution in [0.3, 0.4) is 0 Å². The van der Waals surface area contributed by atoms with Gasteiger partial charge in [0.25, 0.3) is 0 Å². The normalized spacial score (nSPS) is 9.79. The Hall–Kier alpha value is -0.680. The van der Waals surface area contributed by atoms with Gasteiger partial charge in [-0.2, -0.15) is 0 Å². The van der Waals surface area contributed by atoms with Gasteiger partial charge in [-0.05, 0) is 18.6 Å². The highest BCUT2D eigenvalue weighted by molar-refractivity contribution is 7.80. The molecule has 2 N–H and O–H groups in total. The molecule has 0 amide bonds. The topological polar surface area (TPSA) is 37.0 Å². The Kier molecular flexibility index (Phi) is 5.47. The van der Waals surface area contributed by atoms with E-state index in [1.165, 1.54) is 0 Å². The minimum atomic E-state index is 0.738. The Morgan fingerprint density at radius 1 is 1.50 bits per heavy atom. The van der Waals surface area contributed by atoms with E-state index in [2.05, 4.69) is 27.9 Å². The number of hydrogen-bond acceptors (Lipinski definition) is 3. The van der Waals surface area contributed by atoms with Crippen LogP contribution in [0.5, 0.6) is 0 Å². The third-order valence-electron chi connectivity index (χ3n) is 1.69. The van der Waals surface area contributed by atoms with Crippen LogP contribution in [0.15, 0.2) is 10.9 Å². The van der Waals surface area contributed by atoms with Crippen molar-refractivity contribution in [2.75, 3.05) is 13.1 Å². The zero-order valence-corrected chi connectivity index (χ0v) is 9.88. The average molecular weight is 229 g/mol. The molecule has 0 atom stereocenters. The first-order valence-corrected chi connectivity index (χ1v) is 6.06. The summed E-state index contributed by atoms with van der Waals surface area (Å²) < 4.78 is 0. The zero-order valence-electron chi connectivity index (χ0n) is 8.25. The Balaban J connectivity index is 2.06. The van der Waals surface area contributed by atoms with E-state index in [1.807, 2.05) is 5.51 Å². The maximum atomic E-state index is 5.07. The van der Waals surface area contributed by atoms with Crippen molar-refractivity contribution in [2.45, 2.75) is 19.8 Å². The van der Waals surface area contributed by atoms with Crippen LogP contribution in [0.4, 0.5) is 0 Å². The Morgan fingerprint density at radius 3 is 2.93 bits per heavy atom. The fraction of sp³-hybridized carbons (Fsp3) is 0.556. The number of aromatic nitrogens is 1. The van der Waals surface area contributed by atoms with Crippen LogP contribution in [0, 0.1) is 0 Å². The van der Waals surface area contributed by atoms with Gasteiger partial charge in [0.15, 0.2) is 5.11 Å². The van der Waals surface area contributed by atoms with Crippen LogP contribution in [0.25, 0.3) is 0 Å². The Morgan fingerprint density at radius 2 is 2.29 bits per heavy atom. The molecule has 0 saturated carbocycles. The summed E-state index contributed by atoms with van der Waals surface area (Å²) in [7, 11) is 0. The van der Waals surface area contributed by atoms with E-state index in [9.17, 15) is 0 Å². The van der Waals surface area contributed by atoms with Crippen molar-refractivity contribution in [2.24, 2.45) is 0 Å². The molecule has 0 aromatic carbocycles. The second kappa shape index (κ2) is 6.73. The van der Waals surface area contributed by atoms with Gasteiger partial charge in [0.05, 0.1) is 11.2 Å². The Bertz CT molecular complexity index is 259. The average Bonchev–Trinajstić information content (AvgIpc) is 2.67. The summed E-state index contributed by atoms with van der Waals surface area (Å²) in [6.45, 7) is 3.90. The molecule has 0 bridgehead atoms. The van der Waals surface area contributed by atoms with Gasteiger partial charge in [-0.15, -0.1) is 11.3 Å². The summed E-state index contributed by atoms with van der Waals surface area (Å²) >= 11 is 6.70. The number of thiocarbonyl (C=S) groups is 1. The SMILES string of the molecule is CCCNC(=S)NCCc1cscn1. The second-order valence-electron chi connectivity index (χ2n) is 2.91. The molecule has 0 aliphatic carbocycles. The molecule has 0 unspecified atom stereocenters. The summed E-state index contributed by atoms with van der Waals surface area (Å²) in [5.74, 6) is 0. The molecule has 3 nitrogen and oxygen atoms in total. The fourth-order valence-corrected chi connectivity index (χ4v) is 1.76. The molecule has 14 heavy (non-hydrogen) atoms. The number of rotatable bonds is 5. The molecule has 1 rings (SSSR count). The van der Waals surface area contributed by atoms with Crippen molar-refractivity contribution in [1.82, 2.24) is 15.6 Å². The van der Waals surface area contributed by atoms with Gasteiger partial charge in [-0.3, -0.25) is 0 Å². The van der Waals surface area contributed by atoms with Gasteiger partial charge in [-0.25, -0.2) is 4.98 Å². The van der Waals surface area contributed by atoms with Crippen LogP contribution in [0.1, 0.15) is 19.0 Å². The lowest BCUT2D eigenvalue weighted by atomic mass is 10.3. The second-order valence-corrected chi connectivity index (χ2v) is 4.04. The largest absolute Gasteiger partial charge is 0.363 e. The highest BCUT2D eigenvalue weighted by Gasteiger charge is 1.96. The molecule has 0 saturated heterocycles. The van der Waals surface area contributed by atoms with E-state index in [0.717, 1.165) is 36.7 Å². The van der Waals surface area contributed by atoms with Crippen molar-refractivity contribution in [1.29, 1.82) is 0 Å². The monoisotopic (exact) mass is 229 g/mol. The van der Waals surface area contributed by atoms with E-state index in [-0.39, 0.29) is 0 Å². The van der Waals surface area contributed by atoms with Crippen molar-refractivity contribution in [3.8, 4) is 0 Å². The molecule has 1 heterocycles. The third-order valence-corrected chi connectivity index (χ3v) is 2.61. The molecule has 0 aliphatic heterocycles. The number of hydrogen-bond donors (Lipinski definition) is 2. The summed E-state index contributed by atoms with van der Waals surface area (Å²) in [6.07, 6.45) is 2.02. The predicted molar refractivity (Wildman–Crippen MR) is 64.7 cm³/mol. The first kappa shape index (κ1) is 11.4. The van der Waals surface area contributed by atoms with Crippen molar-refractivity contribution in [3.05, 3.63) is 16.6 Å². The molecule has 78 valence electrons. The van der Waals surface area contributed by atoms with E-state index < -0.39 is 0 Å². The highest BCUT2D eigenvalue weighted by atomic mass is 32.1. The third kappa shape index (κ3) is 4.53. The van der Waals surface area contributed by atoms with Crippen LogP contribution in [-0.2, 0) is 6.42 Å². The van der Waals surface area contributed by atoms with Gasteiger partial charge >= 0.3 is 0 Å². The quantitative estimate of drug-likeness (QED) is 0.751. The highest BCUT2D eigenvalue weighted by Crippen LogP contribution is 2.00. The van der Waals surface area contributed by atoms with Crippen molar-refractivity contribution in [3.63, 3.8) is 0 Å². The van der Waals surface area contributed by atoms with Gasteiger partial charge in [0.2, 0.25) is 0 Å². The first-order valence-electron chi connectivity index (χ1n) is 4.71. The number of nitrogens with zero attached hydrogens (tertiary/aromatic N) is 1. The van der Waals surface area contributed by atoms with Crippen LogP contribution in [0.2, 0.25) is 0 Å². The summed E-state index contributed by atoms with van der Waals surface area (Å²) in [5, 5.41) is 9.05. The van der Waals surface area contributed by atoms with Gasteiger partial charge in [0.1, 0.15) is 0 Å². The smallest absolute Gasteiger partial charge is 0.166 e. The molecular weight excluding hydrogens is 214 g/mol. The molecule has 1 aromatic rings. The lowest BCUT2D eigenvalue weighted by Crippen LogP contribution is -2.36. The van der Waals surface area contributed by atoms with E-state index >= 15 is 0 Å². The minimum absolute atomic E-state index is 0.738. The van der Waals surface area contributed by atoms with Crippen molar-refractivity contribution < 1.29 is 0 Å². The van der Waals surface area contributed by atoms with Gasteiger partial charge in [-0.1, -0.05) is 6.92 Å². The number of thiazole rings is 1. The van der Waals surface area contributed by atoms with Gasteiger partial charge < -0.3 is 10.6 Å². The zero-order chi connectivity index (χ0) is 10.2. The van der Waals surface area contributed by atoms with Crippen molar-refractivity contribution >= 4 is 28.7 Å². The molecule has 0 aliphatic rings. The fourth-order valence-electron chi connectivity index (χ4n) is 0.966. The molecule has 0 spiro atoms. The lowest BCUT2D eigenvalue weighted by molar-refractivity contribution is 0.785. The molecule has 1 aromatic heterocycles. The van der Waals surface area contributed by atoms with E-state index in [1.54, 1.807) is 11.3 Å². The molecule has 0 fully saturated rings. The summed E-state index contributed by atoms with van der Waals surface area (Å²) in [4.78, 5) is 4.19. The van der Waals surface area contributed by atoms with Crippen LogP contribution in [-0.4, -0.2) is 23.2 Å². The first-order chi connectivity index (χ1) is 6.83. The van der Waals surface area contributed by atoms with E-state index in [0.29, 0.717) is 0 Å². The molecule has 0 radical (unpaired) electrons. The molecule has 5 heteroatoms. The summed E-state index contributed by atoms with van der Waals surface area (Å²) in [6, 6.07) is 0. The maximum Gasteiger partial charge on any atom is 0.166 e.